The number of carbonyl (C=O) groups is 2. The average molecular weight is 276 g/mol. The number of furan rings is 1. The van der Waals surface area contributed by atoms with Gasteiger partial charge >= 0.3 is 0 Å². The van der Waals surface area contributed by atoms with Gasteiger partial charge in [-0.05, 0) is 30.3 Å². The first-order valence-corrected chi connectivity index (χ1v) is 5.89. The lowest BCUT2D eigenvalue weighted by Crippen LogP contribution is -2.34. The van der Waals surface area contributed by atoms with Gasteiger partial charge in [-0.1, -0.05) is 0 Å². The summed E-state index contributed by atoms with van der Waals surface area (Å²) in [6.07, 6.45) is 2.70. The number of hydrogen-bond acceptors (Lipinski definition) is 3. The molecule has 0 saturated carbocycles. The average Bonchev–Trinajstić information content (AvgIpc) is 2.94. The van der Waals surface area contributed by atoms with Gasteiger partial charge in [-0.15, -0.1) is 0 Å². The van der Waals surface area contributed by atoms with Gasteiger partial charge in [0.1, 0.15) is 12.1 Å². The van der Waals surface area contributed by atoms with Gasteiger partial charge in [-0.3, -0.25) is 9.59 Å². The van der Waals surface area contributed by atoms with E-state index in [0.717, 1.165) is 0 Å². The van der Waals surface area contributed by atoms with Crippen LogP contribution in [0.25, 0.3) is 0 Å². The molecule has 2 rings (SSSR count). The molecule has 20 heavy (non-hydrogen) atoms. The molecule has 5 nitrogen and oxygen atoms in total. The fourth-order valence-electron chi connectivity index (χ4n) is 1.63. The molecule has 0 unspecified atom stereocenters. The summed E-state index contributed by atoms with van der Waals surface area (Å²) in [6.45, 7) is -0.110. The van der Waals surface area contributed by atoms with Crippen molar-refractivity contribution in [2.45, 2.75) is 0 Å². The zero-order chi connectivity index (χ0) is 14.5. The van der Waals surface area contributed by atoms with Gasteiger partial charge in [0.25, 0.3) is 5.91 Å². The lowest BCUT2D eigenvalue weighted by molar-refractivity contribution is -0.116. The van der Waals surface area contributed by atoms with Crippen LogP contribution in [0.2, 0.25) is 0 Å². The van der Waals surface area contributed by atoms with Crippen LogP contribution in [-0.4, -0.2) is 30.3 Å². The standard InChI is InChI=1S/C14H13FN2O3/c1-17(14(19)10-6-7-20-9-10)8-13(18)16-12-4-2-11(15)3-5-12/h2-7,9H,8H2,1H3,(H,16,18). The van der Waals surface area contributed by atoms with E-state index < -0.39 is 0 Å². The molecule has 1 heterocycles. The van der Waals surface area contributed by atoms with Crippen molar-refractivity contribution in [3.63, 3.8) is 0 Å². The smallest absolute Gasteiger partial charge is 0.257 e. The Kier molecular flexibility index (Phi) is 4.14. The van der Waals surface area contributed by atoms with E-state index in [1.165, 1.54) is 54.8 Å². The van der Waals surface area contributed by atoms with Crippen LogP contribution < -0.4 is 5.32 Å². The molecule has 0 radical (unpaired) electrons. The highest BCUT2D eigenvalue weighted by molar-refractivity contribution is 5.98. The van der Waals surface area contributed by atoms with Crippen LogP contribution in [0.5, 0.6) is 0 Å². The van der Waals surface area contributed by atoms with Crippen LogP contribution in [0, 0.1) is 5.82 Å². The molecule has 0 aliphatic rings. The third-order valence-corrected chi connectivity index (χ3v) is 2.62. The highest BCUT2D eigenvalue weighted by Gasteiger charge is 2.15. The Bertz CT molecular complexity index is 593. The molecule has 104 valence electrons. The molecule has 6 heteroatoms. The molecule has 1 N–H and O–H groups in total. The Morgan fingerprint density at radius 2 is 1.95 bits per heavy atom. The fraction of sp³-hybridized carbons (Fsp3) is 0.143. The van der Waals surface area contributed by atoms with Gasteiger partial charge < -0.3 is 14.6 Å². The van der Waals surface area contributed by atoms with Crippen LogP contribution in [0.4, 0.5) is 10.1 Å². The third-order valence-electron chi connectivity index (χ3n) is 2.62. The molecule has 0 saturated heterocycles. The van der Waals surface area contributed by atoms with Gasteiger partial charge in [0.2, 0.25) is 5.91 Å². The molecule has 2 amide bonds. The van der Waals surface area contributed by atoms with Gasteiger partial charge in [-0.25, -0.2) is 4.39 Å². The number of hydrogen-bond donors (Lipinski definition) is 1. The Morgan fingerprint density at radius 3 is 2.55 bits per heavy atom. The van der Waals surface area contributed by atoms with Crippen LogP contribution in [0.3, 0.4) is 0 Å². The molecule has 0 bridgehead atoms. The van der Waals surface area contributed by atoms with E-state index in [2.05, 4.69) is 5.32 Å². The zero-order valence-corrected chi connectivity index (χ0v) is 10.8. The van der Waals surface area contributed by atoms with E-state index in [-0.39, 0.29) is 24.2 Å². The molecular weight excluding hydrogens is 263 g/mol. The minimum Gasteiger partial charge on any atom is -0.472 e. The summed E-state index contributed by atoms with van der Waals surface area (Å²) in [5.74, 6) is -1.06. The lowest BCUT2D eigenvalue weighted by atomic mass is 10.3. The molecule has 0 aliphatic carbocycles. The number of halogens is 1. The monoisotopic (exact) mass is 276 g/mol. The first-order valence-electron chi connectivity index (χ1n) is 5.89. The van der Waals surface area contributed by atoms with Gasteiger partial charge in [0, 0.05) is 12.7 Å². The maximum absolute atomic E-state index is 12.7. The number of rotatable bonds is 4. The Labute approximate surface area is 115 Å². The van der Waals surface area contributed by atoms with Crippen molar-refractivity contribution in [3.05, 3.63) is 54.2 Å². The minimum absolute atomic E-state index is 0.110. The summed E-state index contributed by atoms with van der Waals surface area (Å²) in [6, 6.07) is 6.92. The van der Waals surface area contributed by atoms with Crippen LogP contribution in [0.15, 0.2) is 47.3 Å². The van der Waals surface area contributed by atoms with Crippen molar-refractivity contribution < 1.29 is 18.4 Å². The first-order chi connectivity index (χ1) is 9.56. The maximum atomic E-state index is 12.7. The molecule has 0 spiro atoms. The summed E-state index contributed by atoms with van der Waals surface area (Å²) in [7, 11) is 1.51. The van der Waals surface area contributed by atoms with Gasteiger partial charge in [-0.2, -0.15) is 0 Å². The number of nitrogens with one attached hydrogen (secondary N) is 1. The molecular formula is C14H13FN2O3. The number of likely N-dealkylation sites (N-methyl/N-ethyl adjacent to an activating group) is 1. The number of benzene rings is 1. The van der Waals surface area contributed by atoms with E-state index in [9.17, 15) is 14.0 Å². The van der Waals surface area contributed by atoms with E-state index >= 15 is 0 Å². The zero-order valence-electron chi connectivity index (χ0n) is 10.8. The minimum atomic E-state index is -0.379. The van der Waals surface area contributed by atoms with E-state index in [1.54, 1.807) is 0 Å². The van der Waals surface area contributed by atoms with Gasteiger partial charge in [0.05, 0.1) is 18.4 Å². The summed E-state index contributed by atoms with van der Waals surface area (Å²) in [5.41, 5.74) is 0.850. The molecule has 0 atom stereocenters. The van der Waals surface area contributed by atoms with Crippen molar-refractivity contribution in [1.82, 2.24) is 4.90 Å². The molecule has 0 fully saturated rings. The SMILES string of the molecule is CN(CC(=O)Nc1ccc(F)cc1)C(=O)c1ccoc1. The second-order valence-electron chi connectivity index (χ2n) is 4.23. The molecule has 1 aromatic carbocycles. The number of anilines is 1. The van der Waals surface area contributed by atoms with E-state index in [4.69, 9.17) is 4.42 Å². The predicted molar refractivity (Wildman–Crippen MR) is 70.7 cm³/mol. The summed E-state index contributed by atoms with van der Waals surface area (Å²) in [4.78, 5) is 24.9. The first kappa shape index (κ1) is 13.8. The third kappa shape index (κ3) is 3.44. The highest BCUT2D eigenvalue weighted by Crippen LogP contribution is 2.09. The largest absolute Gasteiger partial charge is 0.472 e. The normalized spacial score (nSPS) is 10.1. The Morgan fingerprint density at radius 1 is 1.25 bits per heavy atom. The predicted octanol–water partition coefficient (Wildman–Crippen LogP) is 2.13. The van der Waals surface area contributed by atoms with Crippen LogP contribution in [0.1, 0.15) is 10.4 Å². The van der Waals surface area contributed by atoms with Crippen molar-refractivity contribution in [1.29, 1.82) is 0 Å². The van der Waals surface area contributed by atoms with Crippen molar-refractivity contribution >= 4 is 17.5 Å². The fourth-order valence-corrected chi connectivity index (χ4v) is 1.63. The van der Waals surface area contributed by atoms with Crippen molar-refractivity contribution in [3.8, 4) is 0 Å². The van der Waals surface area contributed by atoms with Crippen molar-refractivity contribution in [2.24, 2.45) is 0 Å². The maximum Gasteiger partial charge on any atom is 0.257 e. The van der Waals surface area contributed by atoms with Crippen molar-refractivity contribution in [2.75, 3.05) is 18.9 Å². The summed E-state index contributed by atoms with van der Waals surface area (Å²) in [5, 5.41) is 2.58. The second-order valence-corrected chi connectivity index (χ2v) is 4.23. The molecule has 2 aromatic rings. The van der Waals surface area contributed by atoms with E-state index in [0.29, 0.717) is 11.3 Å². The second kappa shape index (κ2) is 6.01. The topological polar surface area (TPSA) is 62.6 Å². The highest BCUT2D eigenvalue weighted by atomic mass is 19.1. The Hall–Kier alpha value is -2.63. The van der Waals surface area contributed by atoms with Gasteiger partial charge in [0.15, 0.2) is 0 Å². The molecule has 0 aliphatic heterocycles. The number of nitrogens with zero attached hydrogens (tertiary/aromatic N) is 1. The summed E-state index contributed by atoms with van der Waals surface area (Å²) >= 11 is 0. The number of carbonyl (C=O) groups excluding carboxylic acids is 2. The van der Waals surface area contributed by atoms with E-state index in [1.807, 2.05) is 0 Å². The quantitative estimate of drug-likeness (QED) is 0.930. The van der Waals surface area contributed by atoms with Crippen LogP contribution >= 0.6 is 0 Å². The lowest BCUT2D eigenvalue weighted by Gasteiger charge is -2.15. The molecule has 1 aromatic heterocycles. The number of amides is 2. The van der Waals surface area contributed by atoms with Crippen LogP contribution in [-0.2, 0) is 4.79 Å². The Balaban J connectivity index is 1.91. The summed E-state index contributed by atoms with van der Waals surface area (Å²) < 4.78 is 17.5.